The molecule has 2 atom stereocenters. The molecule has 0 radical (unpaired) electrons. The Morgan fingerprint density at radius 1 is 1.06 bits per heavy atom. The van der Waals surface area contributed by atoms with Gasteiger partial charge in [-0.2, -0.15) is 0 Å². The van der Waals surface area contributed by atoms with Crippen LogP contribution in [0.5, 0.6) is 11.6 Å². The van der Waals surface area contributed by atoms with Crippen LogP contribution < -0.4 is 9.47 Å². The molecule has 1 unspecified atom stereocenters. The van der Waals surface area contributed by atoms with Gasteiger partial charge < -0.3 is 18.9 Å². The van der Waals surface area contributed by atoms with Crippen molar-refractivity contribution in [3.8, 4) is 17.3 Å². The predicted molar refractivity (Wildman–Crippen MR) is 138 cm³/mol. The standard InChI is InChI=1S/C28H35N5O2/c1-18-15-33(17-29-18)24-11-10-22(31-27(24)35-6)23-16-32-13-7-8-20(26(32)30-23)19-9-12-25(34-5)21(14-19)28(2,3)4/h9-12,14-15,17,20,23H,7-8,13,16H2,1-6H3/t20-,23?/m0/s1. The van der Waals surface area contributed by atoms with E-state index in [1.807, 2.05) is 17.7 Å². The third kappa shape index (κ3) is 4.40. The number of fused-ring (bicyclic) bond motifs is 1. The van der Waals surface area contributed by atoms with E-state index in [0.29, 0.717) is 5.88 Å². The van der Waals surface area contributed by atoms with Crippen LogP contribution in [0.1, 0.15) is 68.1 Å². The summed E-state index contributed by atoms with van der Waals surface area (Å²) < 4.78 is 13.3. The number of hydrogen-bond donors (Lipinski definition) is 0. The predicted octanol–water partition coefficient (Wildman–Crippen LogP) is 5.22. The average Bonchev–Trinajstić information content (AvgIpc) is 3.49. The van der Waals surface area contributed by atoms with E-state index in [-0.39, 0.29) is 17.4 Å². The van der Waals surface area contributed by atoms with Gasteiger partial charge in [0.1, 0.15) is 23.3 Å². The topological polar surface area (TPSA) is 64.8 Å². The number of aryl methyl sites for hydroxylation is 1. The number of methoxy groups -OCH3 is 2. The first-order chi connectivity index (χ1) is 16.8. The monoisotopic (exact) mass is 473 g/mol. The summed E-state index contributed by atoms with van der Waals surface area (Å²) in [6.07, 6.45) is 6.02. The highest BCUT2D eigenvalue weighted by Gasteiger charge is 2.36. The van der Waals surface area contributed by atoms with Crippen LogP contribution >= 0.6 is 0 Å². The van der Waals surface area contributed by atoms with Crippen molar-refractivity contribution in [2.24, 2.45) is 4.99 Å². The number of benzene rings is 1. The molecule has 1 fully saturated rings. The SMILES string of the molecule is COc1ccc([C@@H]2CCCN3CC(c4ccc(-n5cnc(C)c5)c(OC)n4)N=C23)cc1C(C)(C)C. The Balaban J connectivity index is 1.47. The van der Waals surface area contributed by atoms with Crippen LogP contribution in [-0.2, 0) is 5.41 Å². The number of ether oxygens (including phenoxy) is 2. The minimum absolute atomic E-state index is 0.00147. The Bertz CT molecular complexity index is 1260. The van der Waals surface area contributed by atoms with E-state index in [4.69, 9.17) is 19.5 Å². The minimum atomic E-state index is -0.00147. The lowest BCUT2D eigenvalue weighted by molar-refractivity contribution is 0.365. The molecule has 2 aliphatic heterocycles. The summed E-state index contributed by atoms with van der Waals surface area (Å²) in [7, 11) is 3.41. The van der Waals surface area contributed by atoms with Gasteiger partial charge in [0.25, 0.3) is 0 Å². The first-order valence-corrected chi connectivity index (χ1v) is 12.4. The van der Waals surface area contributed by atoms with Gasteiger partial charge in [-0.15, -0.1) is 0 Å². The highest BCUT2D eigenvalue weighted by Crippen LogP contribution is 2.40. The van der Waals surface area contributed by atoms with E-state index in [2.05, 4.69) is 61.0 Å². The summed E-state index contributed by atoms with van der Waals surface area (Å²) in [6, 6.07) is 10.8. The van der Waals surface area contributed by atoms with Crippen LogP contribution in [0.4, 0.5) is 0 Å². The Hall–Kier alpha value is -3.35. The van der Waals surface area contributed by atoms with Gasteiger partial charge in [-0.05, 0) is 54.5 Å². The lowest BCUT2D eigenvalue weighted by Crippen LogP contribution is -2.37. The van der Waals surface area contributed by atoms with Gasteiger partial charge in [0.2, 0.25) is 5.88 Å². The van der Waals surface area contributed by atoms with Crippen molar-refractivity contribution in [1.29, 1.82) is 0 Å². The zero-order chi connectivity index (χ0) is 24.7. The quantitative estimate of drug-likeness (QED) is 0.508. The lowest BCUT2D eigenvalue weighted by atomic mass is 9.82. The molecule has 0 saturated carbocycles. The van der Waals surface area contributed by atoms with Gasteiger partial charge in [-0.3, -0.25) is 4.99 Å². The third-order valence-electron chi connectivity index (χ3n) is 7.06. The van der Waals surface area contributed by atoms with Gasteiger partial charge in [0.05, 0.1) is 31.9 Å². The fourth-order valence-electron chi connectivity index (χ4n) is 5.25. The molecule has 4 heterocycles. The van der Waals surface area contributed by atoms with Crippen LogP contribution in [0.25, 0.3) is 5.69 Å². The summed E-state index contributed by atoms with van der Waals surface area (Å²) in [4.78, 5) is 16.9. The maximum atomic E-state index is 5.67. The molecule has 7 nitrogen and oxygen atoms in total. The number of piperidine rings is 1. The number of nitrogens with zero attached hydrogens (tertiary/aromatic N) is 5. The normalized spacial score (nSPS) is 19.9. The summed E-state index contributed by atoms with van der Waals surface area (Å²) in [6.45, 7) is 10.6. The summed E-state index contributed by atoms with van der Waals surface area (Å²) >= 11 is 0. The largest absolute Gasteiger partial charge is 0.496 e. The van der Waals surface area contributed by atoms with E-state index in [1.165, 1.54) is 17.0 Å². The van der Waals surface area contributed by atoms with E-state index in [0.717, 1.165) is 48.8 Å². The molecule has 35 heavy (non-hydrogen) atoms. The van der Waals surface area contributed by atoms with E-state index < -0.39 is 0 Å². The molecular formula is C28H35N5O2. The lowest BCUT2D eigenvalue weighted by Gasteiger charge is -2.33. The average molecular weight is 474 g/mol. The van der Waals surface area contributed by atoms with Crippen LogP contribution in [-0.4, -0.2) is 52.6 Å². The maximum absolute atomic E-state index is 5.67. The molecule has 184 valence electrons. The summed E-state index contributed by atoms with van der Waals surface area (Å²) in [5.74, 6) is 3.01. The van der Waals surface area contributed by atoms with Crippen molar-refractivity contribution in [2.45, 2.75) is 57.9 Å². The summed E-state index contributed by atoms with van der Waals surface area (Å²) in [5.41, 5.74) is 5.33. The van der Waals surface area contributed by atoms with Gasteiger partial charge >= 0.3 is 0 Å². The number of rotatable bonds is 5. The van der Waals surface area contributed by atoms with E-state index >= 15 is 0 Å². The Kier molecular flexibility index (Phi) is 6.03. The van der Waals surface area contributed by atoms with Crippen molar-refractivity contribution in [3.05, 3.63) is 65.4 Å². The minimum Gasteiger partial charge on any atom is -0.496 e. The van der Waals surface area contributed by atoms with E-state index in [9.17, 15) is 0 Å². The molecule has 0 N–H and O–H groups in total. The Morgan fingerprint density at radius 2 is 1.89 bits per heavy atom. The second kappa shape index (κ2) is 9.02. The van der Waals surface area contributed by atoms with Crippen LogP contribution in [0.2, 0.25) is 0 Å². The highest BCUT2D eigenvalue weighted by atomic mass is 16.5. The second-order valence-corrected chi connectivity index (χ2v) is 10.5. The molecule has 0 amide bonds. The fourth-order valence-corrected chi connectivity index (χ4v) is 5.25. The Labute approximate surface area is 207 Å². The van der Waals surface area contributed by atoms with Crippen molar-refractivity contribution >= 4 is 5.84 Å². The van der Waals surface area contributed by atoms with Crippen molar-refractivity contribution < 1.29 is 9.47 Å². The fraction of sp³-hybridized carbons (Fsp3) is 0.464. The van der Waals surface area contributed by atoms with Gasteiger partial charge in [-0.25, -0.2) is 9.97 Å². The molecule has 5 rings (SSSR count). The van der Waals surface area contributed by atoms with Crippen LogP contribution in [0.15, 0.2) is 47.8 Å². The third-order valence-corrected chi connectivity index (χ3v) is 7.06. The van der Waals surface area contributed by atoms with Gasteiger partial charge in [0.15, 0.2) is 0 Å². The van der Waals surface area contributed by atoms with Gasteiger partial charge in [0, 0.05) is 25.2 Å². The highest BCUT2D eigenvalue weighted by molar-refractivity contribution is 5.91. The number of aromatic nitrogens is 3. The number of imidazole rings is 1. The Morgan fingerprint density at radius 3 is 2.57 bits per heavy atom. The number of aliphatic imine (C=N–C) groups is 1. The number of amidine groups is 1. The molecule has 2 aliphatic rings. The molecule has 0 aliphatic carbocycles. The zero-order valence-electron chi connectivity index (χ0n) is 21.6. The smallest absolute Gasteiger partial charge is 0.238 e. The van der Waals surface area contributed by atoms with Crippen LogP contribution in [0, 0.1) is 6.92 Å². The zero-order valence-corrected chi connectivity index (χ0v) is 21.6. The molecule has 2 aromatic heterocycles. The summed E-state index contributed by atoms with van der Waals surface area (Å²) in [5, 5.41) is 0. The van der Waals surface area contributed by atoms with Crippen LogP contribution in [0.3, 0.4) is 0 Å². The molecular weight excluding hydrogens is 438 g/mol. The molecule has 1 saturated heterocycles. The van der Waals surface area contributed by atoms with Crippen molar-refractivity contribution in [2.75, 3.05) is 27.3 Å². The number of pyridine rings is 1. The molecule has 0 bridgehead atoms. The van der Waals surface area contributed by atoms with E-state index in [1.54, 1.807) is 20.5 Å². The number of hydrogen-bond acceptors (Lipinski definition) is 6. The maximum Gasteiger partial charge on any atom is 0.238 e. The molecule has 7 heteroatoms. The van der Waals surface area contributed by atoms with Gasteiger partial charge in [-0.1, -0.05) is 32.9 Å². The second-order valence-electron chi connectivity index (χ2n) is 10.5. The first-order valence-electron chi connectivity index (χ1n) is 12.4. The molecule has 1 aromatic carbocycles. The molecule has 0 spiro atoms. The van der Waals surface area contributed by atoms with Crippen molar-refractivity contribution in [1.82, 2.24) is 19.4 Å². The first kappa shape index (κ1) is 23.4. The molecule has 3 aromatic rings. The van der Waals surface area contributed by atoms with Crippen molar-refractivity contribution in [3.63, 3.8) is 0 Å².